The Bertz CT molecular complexity index is 724. The van der Waals surface area contributed by atoms with Crippen LogP contribution >= 0.6 is 23.2 Å². The molecule has 8 heteroatoms. The van der Waals surface area contributed by atoms with Gasteiger partial charge in [-0.2, -0.15) is 5.26 Å². The molecule has 1 aromatic rings. The first-order valence-corrected chi connectivity index (χ1v) is 8.26. The highest BCUT2D eigenvalue weighted by atomic mass is 35.5. The van der Waals surface area contributed by atoms with Gasteiger partial charge >= 0.3 is 11.9 Å². The highest BCUT2D eigenvalue weighted by Gasteiger charge is 2.22. The fourth-order valence-corrected chi connectivity index (χ4v) is 2.28. The van der Waals surface area contributed by atoms with Crippen molar-refractivity contribution in [3.05, 3.63) is 27.7 Å². The molecule has 1 atom stereocenters. The molecule has 0 amide bonds. The standard InChI is InChI=1S/C17H18Cl2N2O4/c1-9(2)24-16(22)11(7-20)8-21-13-6-5-12(18)14(15(13)19)17(23)25-10(3)4/h5-6,8-11H,1-4H3. The molecule has 1 aromatic carbocycles. The van der Waals surface area contributed by atoms with E-state index in [9.17, 15) is 9.59 Å². The predicted octanol–water partition coefficient (Wildman–Crippen LogP) is 4.35. The van der Waals surface area contributed by atoms with E-state index in [-0.39, 0.29) is 33.5 Å². The maximum absolute atomic E-state index is 12.1. The average molecular weight is 385 g/mol. The van der Waals surface area contributed by atoms with Crippen molar-refractivity contribution < 1.29 is 19.1 Å². The Balaban J connectivity index is 3.12. The molecule has 0 N–H and O–H groups in total. The average Bonchev–Trinajstić information content (AvgIpc) is 2.48. The van der Waals surface area contributed by atoms with Gasteiger partial charge < -0.3 is 9.47 Å². The number of rotatable bonds is 6. The molecule has 0 aliphatic rings. The minimum Gasteiger partial charge on any atom is -0.462 e. The number of carbonyl (C=O) groups excluding carboxylic acids is 2. The Hall–Kier alpha value is -2.10. The lowest BCUT2D eigenvalue weighted by Crippen LogP contribution is -2.21. The van der Waals surface area contributed by atoms with Gasteiger partial charge in [0.05, 0.1) is 39.6 Å². The highest BCUT2D eigenvalue weighted by Crippen LogP contribution is 2.34. The summed E-state index contributed by atoms with van der Waals surface area (Å²) in [4.78, 5) is 27.9. The Morgan fingerprint density at radius 3 is 2.28 bits per heavy atom. The van der Waals surface area contributed by atoms with Crippen molar-refractivity contribution in [1.82, 2.24) is 0 Å². The molecule has 0 radical (unpaired) electrons. The van der Waals surface area contributed by atoms with Gasteiger partial charge in [-0.1, -0.05) is 23.2 Å². The molecule has 0 aliphatic carbocycles. The lowest BCUT2D eigenvalue weighted by atomic mass is 10.1. The van der Waals surface area contributed by atoms with Crippen molar-refractivity contribution in [2.45, 2.75) is 39.9 Å². The van der Waals surface area contributed by atoms with Crippen molar-refractivity contribution >= 4 is 47.0 Å². The summed E-state index contributed by atoms with van der Waals surface area (Å²) >= 11 is 12.2. The zero-order valence-electron chi connectivity index (χ0n) is 14.2. The van der Waals surface area contributed by atoms with Gasteiger partial charge in [0.25, 0.3) is 0 Å². The molecule has 0 heterocycles. The third-order valence-corrected chi connectivity index (χ3v) is 3.42. The molecular formula is C17H18Cl2N2O4. The first-order valence-electron chi connectivity index (χ1n) is 7.50. The summed E-state index contributed by atoms with van der Waals surface area (Å²) in [6, 6.07) is 4.69. The predicted molar refractivity (Wildman–Crippen MR) is 95.5 cm³/mol. The Morgan fingerprint density at radius 1 is 1.16 bits per heavy atom. The van der Waals surface area contributed by atoms with Crippen molar-refractivity contribution in [1.29, 1.82) is 5.26 Å². The van der Waals surface area contributed by atoms with Crippen LogP contribution in [0.1, 0.15) is 38.1 Å². The molecule has 0 spiro atoms. The molecule has 0 saturated heterocycles. The number of carbonyl (C=O) groups is 2. The molecule has 134 valence electrons. The first-order chi connectivity index (χ1) is 11.7. The van der Waals surface area contributed by atoms with Crippen molar-refractivity contribution in [3.8, 4) is 6.07 Å². The second-order valence-corrected chi connectivity index (χ2v) is 6.37. The number of ether oxygens (including phenoxy) is 2. The summed E-state index contributed by atoms with van der Waals surface area (Å²) < 4.78 is 10.1. The number of benzene rings is 1. The third-order valence-electron chi connectivity index (χ3n) is 2.73. The van der Waals surface area contributed by atoms with Crippen LogP contribution in [0.3, 0.4) is 0 Å². The molecule has 0 saturated carbocycles. The van der Waals surface area contributed by atoms with E-state index in [1.165, 1.54) is 12.1 Å². The Labute approximate surface area is 156 Å². The molecule has 0 fully saturated rings. The van der Waals surface area contributed by atoms with Crippen LogP contribution in [0.4, 0.5) is 5.69 Å². The third kappa shape index (κ3) is 6.04. The van der Waals surface area contributed by atoms with Gasteiger partial charge in [-0.05, 0) is 39.8 Å². The second-order valence-electron chi connectivity index (χ2n) is 5.58. The summed E-state index contributed by atoms with van der Waals surface area (Å²) in [7, 11) is 0. The highest BCUT2D eigenvalue weighted by molar-refractivity contribution is 6.41. The van der Waals surface area contributed by atoms with Gasteiger partial charge in [0.15, 0.2) is 5.92 Å². The fraction of sp³-hybridized carbons (Fsp3) is 0.412. The number of hydrogen-bond donors (Lipinski definition) is 0. The minimum absolute atomic E-state index is 0.0232. The van der Waals surface area contributed by atoms with Crippen molar-refractivity contribution in [2.75, 3.05) is 0 Å². The molecule has 0 aromatic heterocycles. The topological polar surface area (TPSA) is 88.8 Å². The van der Waals surface area contributed by atoms with E-state index in [4.69, 9.17) is 37.9 Å². The van der Waals surface area contributed by atoms with Gasteiger partial charge in [-0.25, -0.2) is 4.79 Å². The summed E-state index contributed by atoms with van der Waals surface area (Å²) in [6.07, 6.45) is 0.408. The summed E-state index contributed by atoms with van der Waals surface area (Å²) in [5.41, 5.74) is 0.157. The van der Waals surface area contributed by atoms with Crippen molar-refractivity contribution in [2.24, 2.45) is 10.9 Å². The zero-order valence-corrected chi connectivity index (χ0v) is 15.8. The van der Waals surface area contributed by atoms with E-state index in [0.29, 0.717) is 0 Å². The van der Waals surface area contributed by atoms with E-state index >= 15 is 0 Å². The molecule has 1 unspecified atom stereocenters. The smallest absolute Gasteiger partial charge is 0.341 e. The maximum atomic E-state index is 12.1. The van der Waals surface area contributed by atoms with Gasteiger partial charge in [0, 0.05) is 6.21 Å². The normalized spacial score (nSPS) is 12.3. The number of aliphatic imine (C=N–C) groups is 1. The lowest BCUT2D eigenvalue weighted by molar-refractivity contribution is -0.148. The van der Waals surface area contributed by atoms with Crippen LogP contribution in [0.25, 0.3) is 0 Å². The number of nitriles is 1. The second kappa shape index (κ2) is 9.40. The summed E-state index contributed by atoms with van der Waals surface area (Å²) in [5, 5.41) is 9.16. The monoisotopic (exact) mass is 384 g/mol. The van der Waals surface area contributed by atoms with E-state index in [2.05, 4.69) is 4.99 Å². The van der Waals surface area contributed by atoms with E-state index in [1.807, 2.05) is 0 Å². The van der Waals surface area contributed by atoms with Gasteiger partial charge in [0.2, 0.25) is 0 Å². The Morgan fingerprint density at radius 2 is 1.76 bits per heavy atom. The number of nitrogens with zero attached hydrogens (tertiary/aromatic N) is 2. The molecule has 6 nitrogen and oxygen atoms in total. The minimum atomic E-state index is -1.19. The van der Waals surface area contributed by atoms with Gasteiger partial charge in [-0.3, -0.25) is 9.79 Å². The van der Waals surface area contributed by atoms with E-state index < -0.39 is 17.9 Å². The fourth-order valence-electron chi connectivity index (χ4n) is 1.71. The van der Waals surface area contributed by atoms with Crippen molar-refractivity contribution in [3.63, 3.8) is 0 Å². The van der Waals surface area contributed by atoms with Gasteiger partial charge in [-0.15, -0.1) is 0 Å². The van der Waals surface area contributed by atoms with Crippen LogP contribution in [0.5, 0.6) is 0 Å². The summed E-state index contributed by atoms with van der Waals surface area (Å²) in [5.74, 6) is -2.59. The Kier molecular flexibility index (Phi) is 7.88. The SMILES string of the molecule is CC(C)OC(=O)c1c(Cl)ccc(N=CC(C#N)C(=O)OC(C)C)c1Cl. The molecule has 0 aliphatic heterocycles. The van der Waals surface area contributed by atoms with Crippen LogP contribution in [-0.2, 0) is 14.3 Å². The summed E-state index contributed by atoms with van der Waals surface area (Å²) in [6.45, 7) is 6.73. The zero-order chi connectivity index (χ0) is 19.1. The molecule has 1 rings (SSSR count). The van der Waals surface area contributed by atoms with Crippen LogP contribution in [0, 0.1) is 17.2 Å². The molecule has 0 bridgehead atoms. The van der Waals surface area contributed by atoms with E-state index in [0.717, 1.165) is 6.21 Å². The maximum Gasteiger partial charge on any atom is 0.341 e. The molecular weight excluding hydrogens is 367 g/mol. The van der Waals surface area contributed by atoms with Crippen LogP contribution in [0.15, 0.2) is 17.1 Å². The quantitative estimate of drug-likeness (QED) is 0.537. The van der Waals surface area contributed by atoms with Gasteiger partial charge in [0.1, 0.15) is 0 Å². The number of esters is 2. The number of hydrogen-bond acceptors (Lipinski definition) is 6. The van der Waals surface area contributed by atoms with Crippen LogP contribution < -0.4 is 0 Å². The lowest BCUT2D eigenvalue weighted by Gasteiger charge is -2.12. The van der Waals surface area contributed by atoms with E-state index in [1.54, 1.807) is 33.8 Å². The first kappa shape index (κ1) is 20.9. The largest absolute Gasteiger partial charge is 0.462 e. The number of halogens is 2. The molecule has 25 heavy (non-hydrogen) atoms. The van der Waals surface area contributed by atoms with Crippen LogP contribution in [0.2, 0.25) is 10.0 Å². The van der Waals surface area contributed by atoms with Crippen LogP contribution in [-0.4, -0.2) is 30.4 Å².